The maximum absolute atomic E-state index is 13.2. The highest BCUT2D eigenvalue weighted by Gasteiger charge is 2.32. The van der Waals surface area contributed by atoms with E-state index in [0.717, 1.165) is 61.4 Å². The summed E-state index contributed by atoms with van der Waals surface area (Å²) in [6.07, 6.45) is 7.76. The summed E-state index contributed by atoms with van der Waals surface area (Å²) in [5.41, 5.74) is 8.65. The summed E-state index contributed by atoms with van der Waals surface area (Å²) in [6.45, 7) is 11.8. The van der Waals surface area contributed by atoms with Crippen LogP contribution in [-0.2, 0) is 0 Å². The summed E-state index contributed by atoms with van der Waals surface area (Å²) < 4.78 is 5.34. The molecule has 1 amide bonds. The molecule has 0 saturated carbocycles. The number of hydrogen-bond acceptors (Lipinski definition) is 8. The topological polar surface area (TPSA) is 104 Å². The van der Waals surface area contributed by atoms with Gasteiger partial charge in [-0.15, -0.1) is 0 Å². The van der Waals surface area contributed by atoms with Crippen LogP contribution in [0.15, 0.2) is 38.3 Å². The maximum Gasteiger partial charge on any atom is 0.293 e. The lowest BCUT2D eigenvalue weighted by Gasteiger charge is -2.35. The number of amidine groups is 1. The minimum absolute atomic E-state index is 0.108. The van der Waals surface area contributed by atoms with Crippen molar-refractivity contribution in [3.8, 4) is 0 Å². The molecule has 9 heteroatoms. The van der Waals surface area contributed by atoms with E-state index in [1.165, 1.54) is 0 Å². The van der Waals surface area contributed by atoms with Crippen LogP contribution in [0.1, 0.15) is 54.4 Å². The molecule has 3 aliphatic rings. The fourth-order valence-corrected chi connectivity index (χ4v) is 4.38. The number of likely N-dealkylation sites (tertiary alicyclic amines) is 2. The van der Waals surface area contributed by atoms with Crippen molar-refractivity contribution in [2.45, 2.75) is 58.5 Å². The van der Waals surface area contributed by atoms with Gasteiger partial charge in [0.2, 0.25) is 5.76 Å². The predicted molar refractivity (Wildman–Crippen MR) is 119 cm³/mol. The fourth-order valence-electron chi connectivity index (χ4n) is 4.38. The van der Waals surface area contributed by atoms with Crippen LogP contribution in [0.3, 0.4) is 0 Å². The molecule has 0 aromatic carbocycles. The largest absolute Gasteiger partial charge is 0.355 e. The summed E-state index contributed by atoms with van der Waals surface area (Å²) in [4.78, 5) is 22.2. The highest BCUT2D eigenvalue weighted by molar-refractivity contribution is 5.99. The van der Waals surface area contributed by atoms with Gasteiger partial charge in [0.15, 0.2) is 5.82 Å². The molecule has 0 aliphatic carbocycles. The van der Waals surface area contributed by atoms with E-state index in [2.05, 4.69) is 21.9 Å². The molecule has 1 unspecified atom stereocenters. The molecule has 2 atom stereocenters. The minimum atomic E-state index is -0.130. The van der Waals surface area contributed by atoms with E-state index in [0.29, 0.717) is 18.1 Å². The van der Waals surface area contributed by atoms with E-state index >= 15 is 0 Å². The quantitative estimate of drug-likeness (QED) is 0.746. The van der Waals surface area contributed by atoms with E-state index in [1.807, 2.05) is 37.9 Å². The lowest BCUT2D eigenvalue weighted by atomic mass is 10.0. The Morgan fingerprint density at radius 1 is 1.29 bits per heavy atom. The molecule has 0 radical (unpaired) electrons. The smallest absolute Gasteiger partial charge is 0.293 e. The van der Waals surface area contributed by atoms with Gasteiger partial charge >= 0.3 is 0 Å². The summed E-state index contributed by atoms with van der Waals surface area (Å²) in [5, 5.41) is 9.75. The molecule has 31 heavy (non-hydrogen) atoms. The number of hydrogen-bond donors (Lipinski definition) is 1. The van der Waals surface area contributed by atoms with Gasteiger partial charge < -0.3 is 20.1 Å². The third kappa shape index (κ3) is 4.14. The molecule has 2 fully saturated rings. The molecule has 9 nitrogen and oxygen atoms in total. The van der Waals surface area contributed by atoms with Crippen LogP contribution < -0.4 is 5.73 Å². The molecule has 0 spiro atoms. The van der Waals surface area contributed by atoms with E-state index in [4.69, 9.17) is 15.2 Å². The zero-order valence-corrected chi connectivity index (χ0v) is 18.5. The molecule has 2 N–H and O–H groups in total. The van der Waals surface area contributed by atoms with Gasteiger partial charge in [-0.3, -0.25) is 4.79 Å². The monoisotopic (exact) mass is 425 g/mol. The van der Waals surface area contributed by atoms with E-state index in [9.17, 15) is 4.79 Å². The standard InChI is InChI=1S/C22H31N7O2/c1-14-12-29(24-4)19(25-21(14)27-10-8-17(23)13-27)11-18-7-5-6-9-28(18)22(30)20-15(2)16(3)26-31-20/h11-12,17-18H,4-10,13,23H2,1-3H3/b19-11-/t17-,18?/m0/s1. The molecule has 3 aliphatic heterocycles. The number of nitrogens with two attached hydrogens (primary N) is 1. The Bertz CT molecular complexity index is 961. The predicted octanol–water partition coefficient (Wildman–Crippen LogP) is 2.39. The number of hydrazone groups is 1. The number of carbonyl (C=O) groups is 1. The lowest BCUT2D eigenvalue weighted by molar-refractivity contribution is 0.0618. The molecule has 1 aromatic rings. The Balaban J connectivity index is 1.64. The molecule has 2 saturated heterocycles. The summed E-state index contributed by atoms with van der Waals surface area (Å²) in [6, 6.07) is 0.0569. The Morgan fingerprint density at radius 3 is 2.74 bits per heavy atom. The lowest BCUT2D eigenvalue weighted by Crippen LogP contribution is -2.43. The van der Waals surface area contributed by atoms with Gasteiger partial charge in [-0.25, -0.2) is 10.0 Å². The first-order chi connectivity index (χ1) is 14.9. The number of aliphatic imine (C=N–C) groups is 1. The Labute approximate surface area is 182 Å². The van der Waals surface area contributed by atoms with Crippen molar-refractivity contribution in [2.24, 2.45) is 15.8 Å². The van der Waals surface area contributed by atoms with Crippen LogP contribution in [-0.4, -0.2) is 70.1 Å². The minimum Gasteiger partial charge on any atom is -0.355 e. The van der Waals surface area contributed by atoms with Crippen LogP contribution in [0.4, 0.5) is 0 Å². The van der Waals surface area contributed by atoms with Crippen molar-refractivity contribution in [3.05, 3.63) is 40.7 Å². The Kier molecular flexibility index (Phi) is 5.95. The van der Waals surface area contributed by atoms with Crippen molar-refractivity contribution in [1.82, 2.24) is 20.0 Å². The highest BCUT2D eigenvalue weighted by Crippen LogP contribution is 2.27. The van der Waals surface area contributed by atoms with Gasteiger partial charge in [-0.1, -0.05) is 5.16 Å². The number of aromatic nitrogens is 1. The Morgan fingerprint density at radius 2 is 2.10 bits per heavy atom. The van der Waals surface area contributed by atoms with Gasteiger partial charge in [0, 0.05) is 49.7 Å². The molecular formula is C22H31N7O2. The van der Waals surface area contributed by atoms with Crippen molar-refractivity contribution < 1.29 is 9.32 Å². The first-order valence-electron chi connectivity index (χ1n) is 10.9. The molecule has 0 bridgehead atoms. The number of piperidine rings is 1. The second-order valence-electron chi connectivity index (χ2n) is 8.54. The van der Waals surface area contributed by atoms with Gasteiger partial charge in [0.05, 0.1) is 11.7 Å². The first-order valence-corrected chi connectivity index (χ1v) is 10.9. The Hall–Kier alpha value is -2.94. The van der Waals surface area contributed by atoms with Crippen molar-refractivity contribution >= 4 is 18.5 Å². The average Bonchev–Trinajstić information content (AvgIpc) is 3.34. The van der Waals surface area contributed by atoms with Gasteiger partial charge in [-0.2, -0.15) is 5.10 Å². The third-order valence-electron chi connectivity index (χ3n) is 6.30. The summed E-state index contributed by atoms with van der Waals surface area (Å²) in [5.74, 6) is 1.77. The number of carbonyl (C=O) groups excluding carboxylic acids is 1. The molecule has 4 rings (SSSR count). The average molecular weight is 426 g/mol. The van der Waals surface area contributed by atoms with Crippen molar-refractivity contribution in [3.63, 3.8) is 0 Å². The van der Waals surface area contributed by atoms with Crippen LogP contribution in [0.5, 0.6) is 0 Å². The summed E-state index contributed by atoms with van der Waals surface area (Å²) in [7, 11) is 0. The van der Waals surface area contributed by atoms with E-state index in [1.54, 1.807) is 5.01 Å². The van der Waals surface area contributed by atoms with Crippen LogP contribution in [0, 0.1) is 13.8 Å². The van der Waals surface area contributed by atoms with Gasteiger partial charge in [0.25, 0.3) is 5.91 Å². The van der Waals surface area contributed by atoms with Crippen LogP contribution >= 0.6 is 0 Å². The molecule has 1 aromatic heterocycles. The maximum atomic E-state index is 13.2. The van der Waals surface area contributed by atoms with E-state index < -0.39 is 0 Å². The highest BCUT2D eigenvalue weighted by atomic mass is 16.5. The van der Waals surface area contributed by atoms with Crippen molar-refractivity contribution in [2.75, 3.05) is 19.6 Å². The van der Waals surface area contributed by atoms with E-state index in [-0.39, 0.29) is 18.0 Å². The first kappa shape index (κ1) is 21.3. The second-order valence-corrected chi connectivity index (χ2v) is 8.54. The van der Waals surface area contributed by atoms with Gasteiger partial charge in [-0.05, 0) is 52.5 Å². The van der Waals surface area contributed by atoms with Gasteiger partial charge in [0.1, 0.15) is 5.84 Å². The third-order valence-corrected chi connectivity index (χ3v) is 6.30. The second kappa shape index (κ2) is 8.66. The van der Waals surface area contributed by atoms with Crippen LogP contribution in [0.2, 0.25) is 0 Å². The number of aryl methyl sites for hydroxylation is 1. The number of amides is 1. The zero-order chi connectivity index (χ0) is 22.1. The van der Waals surface area contributed by atoms with Crippen LogP contribution in [0.25, 0.3) is 0 Å². The fraction of sp³-hybridized carbons (Fsp3) is 0.545. The molecule has 166 valence electrons. The SMILES string of the molecule is C=NN1C=C(C)C(N2CC[C@H](N)C2)=N/C1=C/C1CCCCN1C(=O)c1onc(C)c1C. The molecular weight excluding hydrogens is 394 g/mol. The normalized spacial score (nSPS) is 25.7. The number of nitrogens with zero attached hydrogens (tertiary/aromatic N) is 6. The zero-order valence-electron chi connectivity index (χ0n) is 18.5. The number of rotatable bonds is 3. The molecule has 4 heterocycles. The van der Waals surface area contributed by atoms with Crippen molar-refractivity contribution in [1.29, 1.82) is 0 Å². The summed E-state index contributed by atoms with van der Waals surface area (Å²) >= 11 is 0.